The van der Waals surface area contributed by atoms with Crippen molar-refractivity contribution in [3.8, 4) is 0 Å². The fraction of sp³-hybridized carbons (Fsp3) is 0.667. The van der Waals surface area contributed by atoms with Gasteiger partial charge in [-0.15, -0.1) is 0 Å². The van der Waals surface area contributed by atoms with E-state index in [0.717, 1.165) is 50.2 Å². The van der Waals surface area contributed by atoms with E-state index in [0.29, 0.717) is 13.2 Å². The Kier molecular flexibility index (Phi) is 13.4. The van der Waals surface area contributed by atoms with Gasteiger partial charge < -0.3 is 20.1 Å². The largest absolute Gasteiger partial charge is 0.463 e. The highest BCUT2D eigenvalue weighted by Gasteiger charge is 1.99. The van der Waals surface area contributed by atoms with Crippen LogP contribution in [0.25, 0.3) is 0 Å². The summed E-state index contributed by atoms with van der Waals surface area (Å²) in [5, 5.41) is 6.40. The van der Waals surface area contributed by atoms with Crippen molar-refractivity contribution in [1.82, 2.24) is 10.6 Å². The number of unbranched alkanes of at least 4 members (excludes halogenated alkanes) is 3. The van der Waals surface area contributed by atoms with Crippen molar-refractivity contribution in [1.29, 1.82) is 0 Å². The molecule has 0 bridgehead atoms. The number of carbonyl (C=O) groups is 2. The molecule has 0 unspecified atom stereocenters. The van der Waals surface area contributed by atoms with Gasteiger partial charge in [0.2, 0.25) is 0 Å². The average Bonchev–Trinajstić information content (AvgIpc) is 2.50. The molecule has 0 atom stereocenters. The molecule has 0 saturated carbocycles. The van der Waals surface area contributed by atoms with Crippen molar-refractivity contribution < 1.29 is 19.1 Å². The first kappa shape index (κ1) is 22.0. The summed E-state index contributed by atoms with van der Waals surface area (Å²) in [4.78, 5) is 22.5. The average molecular weight is 340 g/mol. The Morgan fingerprint density at radius 3 is 1.46 bits per heavy atom. The summed E-state index contributed by atoms with van der Waals surface area (Å²) in [7, 11) is 0. The normalized spacial score (nSPS) is 11.8. The van der Waals surface area contributed by atoms with Crippen LogP contribution in [0.3, 0.4) is 0 Å². The number of nitrogens with one attached hydrogen (secondary N) is 2. The summed E-state index contributed by atoms with van der Waals surface area (Å²) in [5.74, 6) is -0.611. The third kappa shape index (κ3) is 13.7. The maximum Gasteiger partial charge on any atom is 0.332 e. The van der Waals surface area contributed by atoms with Crippen LogP contribution in [0.15, 0.2) is 23.5 Å². The highest BCUT2D eigenvalue weighted by molar-refractivity contribution is 5.82. The molecule has 0 aliphatic carbocycles. The molecule has 2 N–H and O–H groups in total. The van der Waals surface area contributed by atoms with E-state index < -0.39 is 0 Å². The second kappa shape index (κ2) is 14.6. The van der Waals surface area contributed by atoms with Gasteiger partial charge in [0.25, 0.3) is 0 Å². The molecule has 0 aromatic carbocycles. The number of carbonyl (C=O) groups excluding carboxylic acids is 2. The molecule has 0 aliphatic heterocycles. The quantitative estimate of drug-likeness (QED) is 0.305. The molecule has 0 rings (SSSR count). The van der Waals surface area contributed by atoms with Gasteiger partial charge in [-0.25, -0.2) is 9.59 Å². The van der Waals surface area contributed by atoms with Crippen LogP contribution in [0, 0.1) is 0 Å². The SMILES string of the molecule is CCOC(=O)C=C(C)NCCCCCCNC(C)=CC(=O)OCC. The Bertz CT molecular complexity index is 391. The third-order valence-electron chi connectivity index (χ3n) is 3.15. The number of hydrogen-bond donors (Lipinski definition) is 2. The summed E-state index contributed by atoms with van der Waals surface area (Å²) in [5.41, 5.74) is 1.66. The summed E-state index contributed by atoms with van der Waals surface area (Å²) in [6.45, 7) is 9.78. The summed E-state index contributed by atoms with van der Waals surface area (Å²) in [6, 6.07) is 0. The second-order valence-electron chi connectivity index (χ2n) is 5.43. The first-order valence-electron chi connectivity index (χ1n) is 8.67. The summed E-state index contributed by atoms with van der Waals surface area (Å²) >= 11 is 0. The fourth-order valence-corrected chi connectivity index (χ4v) is 2.00. The molecule has 0 aromatic heterocycles. The van der Waals surface area contributed by atoms with Gasteiger partial charge in [0, 0.05) is 36.6 Å². The Morgan fingerprint density at radius 1 is 0.750 bits per heavy atom. The number of hydrogen-bond acceptors (Lipinski definition) is 6. The Morgan fingerprint density at radius 2 is 1.12 bits per heavy atom. The van der Waals surface area contributed by atoms with E-state index in [4.69, 9.17) is 9.47 Å². The zero-order valence-corrected chi connectivity index (χ0v) is 15.4. The predicted octanol–water partition coefficient (Wildman–Crippen LogP) is 2.66. The van der Waals surface area contributed by atoms with Gasteiger partial charge in [-0.3, -0.25) is 0 Å². The van der Waals surface area contributed by atoms with Gasteiger partial charge in [-0.05, 0) is 40.5 Å². The lowest BCUT2D eigenvalue weighted by molar-refractivity contribution is -0.138. The van der Waals surface area contributed by atoms with Crippen LogP contribution in [0.4, 0.5) is 0 Å². The van der Waals surface area contributed by atoms with E-state index in [-0.39, 0.29) is 11.9 Å². The van der Waals surface area contributed by atoms with E-state index in [1.807, 2.05) is 13.8 Å². The topological polar surface area (TPSA) is 76.7 Å². The van der Waals surface area contributed by atoms with E-state index in [1.165, 1.54) is 12.2 Å². The number of ether oxygens (including phenoxy) is 2. The maximum absolute atomic E-state index is 11.2. The molecule has 0 heterocycles. The van der Waals surface area contributed by atoms with E-state index in [2.05, 4.69) is 10.6 Å². The Labute approximate surface area is 145 Å². The highest BCUT2D eigenvalue weighted by atomic mass is 16.5. The smallest absolute Gasteiger partial charge is 0.332 e. The van der Waals surface area contributed by atoms with Crippen molar-refractivity contribution >= 4 is 11.9 Å². The Balaban J connectivity index is 3.61. The molecule has 138 valence electrons. The lowest BCUT2D eigenvalue weighted by Gasteiger charge is -2.08. The standard InChI is InChI=1S/C18H32N2O4/c1-5-23-17(21)13-15(3)19-11-9-7-8-10-12-20-16(4)14-18(22)24-6-2/h13-14,19-20H,5-12H2,1-4H3. The maximum atomic E-state index is 11.2. The first-order chi connectivity index (χ1) is 11.5. The lowest BCUT2D eigenvalue weighted by Crippen LogP contribution is -2.16. The van der Waals surface area contributed by atoms with Gasteiger partial charge in [-0.1, -0.05) is 12.8 Å². The number of allylic oxidation sites excluding steroid dienone is 2. The van der Waals surface area contributed by atoms with Crippen LogP contribution in [-0.4, -0.2) is 38.2 Å². The molecule has 0 radical (unpaired) electrons. The van der Waals surface area contributed by atoms with Crippen molar-refractivity contribution in [3.63, 3.8) is 0 Å². The number of rotatable bonds is 13. The first-order valence-corrected chi connectivity index (χ1v) is 8.67. The summed E-state index contributed by atoms with van der Waals surface area (Å²) < 4.78 is 9.69. The van der Waals surface area contributed by atoms with Gasteiger partial charge >= 0.3 is 11.9 Å². The van der Waals surface area contributed by atoms with Crippen LogP contribution in [-0.2, 0) is 19.1 Å². The minimum atomic E-state index is -0.306. The van der Waals surface area contributed by atoms with Crippen LogP contribution < -0.4 is 10.6 Å². The van der Waals surface area contributed by atoms with Crippen molar-refractivity contribution in [2.45, 2.75) is 53.4 Å². The van der Waals surface area contributed by atoms with Crippen molar-refractivity contribution in [3.05, 3.63) is 23.5 Å². The molecule has 6 heteroatoms. The van der Waals surface area contributed by atoms with E-state index >= 15 is 0 Å². The second-order valence-corrected chi connectivity index (χ2v) is 5.43. The zero-order valence-electron chi connectivity index (χ0n) is 15.4. The van der Waals surface area contributed by atoms with Gasteiger partial charge in [0.15, 0.2) is 0 Å². The predicted molar refractivity (Wildman–Crippen MR) is 95.3 cm³/mol. The molecule has 0 spiro atoms. The molecule has 0 aromatic rings. The van der Waals surface area contributed by atoms with Crippen molar-refractivity contribution in [2.75, 3.05) is 26.3 Å². The number of esters is 2. The minimum Gasteiger partial charge on any atom is -0.463 e. The van der Waals surface area contributed by atoms with Crippen LogP contribution in [0.2, 0.25) is 0 Å². The fourth-order valence-electron chi connectivity index (χ4n) is 2.00. The molecule has 6 nitrogen and oxygen atoms in total. The molecular formula is C18H32N2O4. The van der Waals surface area contributed by atoms with E-state index in [1.54, 1.807) is 13.8 Å². The Hall–Kier alpha value is -1.98. The molecule has 0 aliphatic rings. The monoisotopic (exact) mass is 340 g/mol. The van der Waals surface area contributed by atoms with Crippen LogP contribution in [0.1, 0.15) is 53.4 Å². The molecule has 24 heavy (non-hydrogen) atoms. The molecular weight excluding hydrogens is 308 g/mol. The third-order valence-corrected chi connectivity index (χ3v) is 3.15. The van der Waals surface area contributed by atoms with Crippen LogP contribution >= 0.6 is 0 Å². The zero-order chi connectivity index (χ0) is 18.2. The minimum absolute atomic E-state index is 0.306. The molecule has 0 fully saturated rings. The van der Waals surface area contributed by atoms with Gasteiger partial charge in [-0.2, -0.15) is 0 Å². The lowest BCUT2D eigenvalue weighted by atomic mass is 10.2. The van der Waals surface area contributed by atoms with Gasteiger partial charge in [0.05, 0.1) is 13.2 Å². The van der Waals surface area contributed by atoms with Crippen LogP contribution in [0.5, 0.6) is 0 Å². The van der Waals surface area contributed by atoms with E-state index in [9.17, 15) is 9.59 Å². The van der Waals surface area contributed by atoms with Gasteiger partial charge in [0.1, 0.15) is 0 Å². The molecule has 0 saturated heterocycles. The van der Waals surface area contributed by atoms with Crippen molar-refractivity contribution in [2.24, 2.45) is 0 Å². The molecule has 0 amide bonds. The summed E-state index contributed by atoms with van der Waals surface area (Å²) in [6.07, 6.45) is 7.28. The highest BCUT2D eigenvalue weighted by Crippen LogP contribution is 2.00.